The number of rotatable bonds is 3. The van der Waals surface area contributed by atoms with Crippen molar-refractivity contribution in [3.05, 3.63) is 35.5 Å². The summed E-state index contributed by atoms with van der Waals surface area (Å²) in [6, 6.07) is 6.42. The topological polar surface area (TPSA) is 96.4 Å². The highest BCUT2D eigenvalue weighted by atomic mass is 32.2. The van der Waals surface area contributed by atoms with E-state index in [1.165, 1.54) is 6.07 Å². The molecule has 22 heavy (non-hydrogen) atoms. The molecule has 1 aliphatic rings. The molecule has 2 heterocycles. The highest BCUT2D eigenvalue weighted by Crippen LogP contribution is 2.27. The number of benzene rings is 1. The third kappa shape index (κ3) is 2.89. The minimum absolute atomic E-state index is 0.106. The molecule has 0 saturated carbocycles. The Morgan fingerprint density at radius 1 is 1.36 bits per heavy atom. The lowest BCUT2D eigenvalue weighted by molar-refractivity contribution is 0.0697. The van der Waals surface area contributed by atoms with Crippen LogP contribution in [0.4, 0.5) is 5.69 Å². The molecule has 0 spiro atoms. The second-order valence-corrected chi connectivity index (χ2v) is 7.82. The van der Waals surface area contributed by atoms with Gasteiger partial charge in [-0.1, -0.05) is 0 Å². The van der Waals surface area contributed by atoms with E-state index in [9.17, 15) is 13.2 Å². The van der Waals surface area contributed by atoms with Gasteiger partial charge in [-0.2, -0.15) is 0 Å². The van der Waals surface area contributed by atoms with Crippen LogP contribution in [0.2, 0.25) is 0 Å². The summed E-state index contributed by atoms with van der Waals surface area (Å²) >= 11 is 0. The number of aromatic carboxylic acids is 1. The first-order valence-corrected chi connectivity index (χ1v) is 8.78. The molecule has 1 atom stereocenters. The number of hydrogen-bond donors (Lipinski definition) is 2. The molecule has 1 fully saturated rings. The number of anilines is 1. The average molecular weight is 320 g/mol. The largest absolute Gasteiger partial charge is 0.478 e. The summed E-state index contributed by atoms with van der Waals surface area (Å²) in [6.45, 7) is 1.85. The van der Waals surface area contributed by atoms with E-state index in [0.717, 1.165) is 11.4 Å². The van der Waals surface area contributed by atoms with Gasteiger partial charge in [-0.3, -0.25) is 4.98 Å². The number of aryl methyl sites for hydroxylation is 1. The number of carboxylic acid groups (broad SMARTS) is 1. The van der Waals surface area contributed by atoms with Crippen LogP contribution in [0.3, 0.4) is 0 Å². The monoisotopic (exact) mass is 320 g/mol. The number of nitrogens with zero attached hydrogens (tertiary/aromatic N) is 1. The van der Waals surface area contributed by atoms with Gasteiger partial charge >= 0.3 is 5.97 Å². The highest BCUT2D eigenvalue weighted by molar-refractivity contribution is 7.91. The van der Waals surface area contributed by atoms with Crippen molar-refractivity contribution in [2.24, 2.45) is 0 Å². The Bertz CT molecular complexity index is 861. The maximum absolute atomic E-state index is 11.6. The van der Waals surface area contributed by atoms with Gasteiger partial charge < -0.3 is 10.4 Å². The maximum atomic E-state index is 11.6. The number of sulfone groups is 1. The van der Waals surface area contributed by atoms with Crippen LogP contribution in [0.15, 0.2) is 24.3 Å². The van der Waals surface area contributed by atoms with Gasteiger partial charge in [-0.15, -0.1) is 0 Å². The minimum Gasteiger partial charge on any atom is -0.478 e. The van der Waals surface area contributed by atoms with Crippen molar-refractivity contribution in [2.45, 2.75) is 19.4 Å². The van der Waals surface area contributed by atoms with Crippen LogP contribution in [0.5, 0.6) is 0 Å². The Labute approximate surface area is 128 Å². The normalized spacial score (nSPS) is 20.1. The molecule has 1 aromatic heterocycles. The summed E-state index contributed by atoms with van der Waals surface area (Å²) in [5.74, 6) is -0.710. The van der Waals surface area contributed by atoms with Crippen molar-refractivity contribution < 1.29 is 18.3 Å². The van der Waals surface area contributed by atoms with Crippen LogP contribution in [0.25, 0.3) is 10.9 Å². The first-order valence-electron chi connectivity index (χ1n) is 6.96. The SMILES string of the molecule is Cc1cc(N[C@H]2CCS(=O)(=O)C2)c2cc(C(=O)O)ccc2n1. The zero-order chi connectivity index (χ0) is 15.9. The van der Waals surface area contributed by atoms with Crippen molar-refractivity contribution in [3.63, 3.8) is 0 Å². The predicted molar refractivity (Wildman–Crippen MR) is 84.1 cm³/mol. The lowest BCUT2D eigenvalue weighted by Gasteiger charge is -2.15. The van der Waals surface area contributed by atoms with E-state index in [4.69, 9.17) is 5.11 Å². The summed E-state index contributed by atoms with van der Waals surface area (Å²) in [5.41, 5.74) is 2.39. The van der Waals surface area contributed by atoms with Gasteiger partial charge in [-0.25, -0.2) is 13.2 Å². The van der Waals surface area contributed by atoms with Crippen LogP contribution in [-0.2, 0) is 9.84 Å². The van der Waals surface area contributed by atoms with Gasteiger partial charge in [0.05, 0.1) is 22.6 Å². The summed E-state index contributed by atoms with van der Waals surface area (Å²) in [4.78, 5) is 15.5. The van der Waals surface area contributed by atoms with Crippen molar-refractivity contribution in [2.75, 3.05) is 16.8 Å². The summed E-state index contributed by atoms with van der Waals surface area (Å²) in [5, 5.41) is 13.0. The third-order valence-corrected chi connectivity index (χ3v) is 5.54. The molecule has 6 nitrogen and oxygen atoms in total. The summed E-state index contributed by atoms with van der Waals surface area (Å²) in [6.07, 6.45) is 0.559. The van der Waals surface area contributed by atoms with Crippen molar-refractivity contribution in [1.82, 2.24) is 4.98 Å². The average Bonchev–Trinajstić information content (AvgIpc) is 2.77. The number of pyridine rings is 1. The molecule has 1 saturated heterocycles. The Hall–Kier alpha value is -2.15. The zero-order valence-corrected chi connectivity index (χ0v) is 12.9. The van der Waals surface area contributed by atoms with E-state index in [-0.39, 0.29) is 23.1 Å². The van der Waals surface area contributed by atoms with Crippen LogP contribution in [-0.4, -0.2) is 42.0 Å². The molecule has 2 N–H and O–H groups in total. The Morgan fingerprint density at radius 2 is 2.14 bits per heavy atom. The molecular weight excluding hydrogens is 304 g/mol. The summed E-state index contributed by atoms with van der Waals surface area (Å²) in [7, 11) is -2.97. The van der Waals surface area contributed by atoms with Crippen LogP contribution < -0.4 is 5.32 Å². The molecule has 0 radical (unpaired) electrons. The smallest absolute Gasteiger partial charge is 0.335 e. The van der Waals surface area contributed by atoms with Gasteiger partial charge in [-0.05, 0) is 37.6 Å². The maximum Gasteiger partial charge on any atom is 0.335 e. The molecule has 7 heteroatoms. The van der Waals surface area contributed by atoms with Gasteiger partial charge in [0.25, 0.3) is 0 Å². The second-order valence-electron chi connectivity index (χ2n) is 5.59. The molecule has 3 rings (SSSR count). The Kier molecular flexibility index (Phi) is 3.52. The highest BCUT2D eigenvalue weighted by Gasteiger charge is 2.28. The Morgan fingerprint density at radius 3 is 2.77 bits per heavy atom. The number of nitrogens with one attached hydrogen (secondary N) is 1. The van der Waals surface area contributed by atoms with Crippen LogP contribution in [0.1, 0.15) is 22.5 Å². The first kappa shape index (κ1) is 14.8. The van der Waals surface area contributed by atoms with E-state index in [1.54, 1.807) is 12.1 Å². The van der Waals surface area contributed by atoms with E-state index in [0.29, 0.717) is 17.3 Å². The molecule has 0 bridgehead atoms. The second kappa shape index (κ2) is 5.24. The van der Waals surface area contributed by atoms with E-state index in [1.807, 2.05) is 13.0 Å². The number of fused-ring (bicyclic) bond motifs is 1. The molecule has 0 amide bonds. The number of carboxylic acids is 1. The quantitative estimate of drug-likeness (QED) is 0.896. The van der Waals surface area contributed by atoms with Gasteiger partial charge in [0.2, 0.25) is 0 Å². The molecule has 1 aromatic carbocycles. The molecular formula is C15H16N2O4S. The Balaban J connectivity index is 2.03. The minimum atomic E-state index is -2.97. The predicted octanol–water partition coefficient (Wildman–Crippen LogP) is 1.84. The van der Waals surface area contributed by atoms with Crippen LogP contribution >= 0.6 is 0 Å². The lowest BCUT2D eigenvalue weighted by atomic mass is 10.1. The van der Waals surface area contributed by atoms with Gasteiger partial charge in [0, 0.05) is 22.8 Å². The zero-order valence-electron chi connectivity index (χ0n) is 12.0. The molecule has 1 aliphatic heterocycles. The standard InChI is InChI=1S/C15H16N2O4S/c1-9-6-14(17-11-4-5-22(20,21)8-11)12-7-10(15(18)19)2-3-13(12)16-9/h2-3,6-7,11H,4-5,8H2,1H3,(H,16,17)(H,18,19)/t11-/m0/s1. The van der Waals surface area contributed by atoms with Gasteiger partial charge in [0.1, 0.15) is 0 Å². The van der Waals surface area contributed by atoms with Crippen molar-refractivity contribution in [1.29, 1.82) is 0 Å². The number of hydrogen-bond acceptors (Lipinski definition) is 5. The van der Waals surface area contributed by atoms with Gasteiger partial charge in [0.15, 0.2) is 9.84 Å². The fourth-order valence-electron chi connectivity index (χ4n) is 2.74. The first-order chi connectivity index (χ1) is 10.3. The number of carbonyl (C=O) groups is 1. The lowest BCUT2D eigenvalue weighted by Crippen LogP contribution is -2.20. The van der Waals surface area contributed by atoms with Crippen LogP contribution in [0, 0.1) is 6.92 Å². The number of aromatic nitrogens is 1. The third-order valence-electron chi connectivity index (χ3n) is 3.78. The van der Waals surface area contributed by atoms with Crippen molar-refractivity contribution >= 4 is 32.4 Å². The molecule has 0 unspecified atom stereocenters. The van der Waals surface area contributed by atoms with Crippen molar-refractivity contribution in [3.8, 4) is 0 Å². The molecule has 116 valence electrons. The van der Waals surface area contributed by atoms with E-state index < -0.39 is 15.8 Å². The van der Waals surface area contributed by atoms with E-state index in [2.05, 4.69) is 10.3 Å². The molecule has 0 aliphatic carbocycles. The molecule has 2 aromatic rings. The summed E-state index contributed by atoms with van der Waals surface area (Å²) < 4.78 is 23.2. The van der Waals surface area contributed by atoms with E-state index >= 15 is 0 Å². The fourth-order valence-corrected chi connectivity index (χ4v) is 4.41. The fraction of sp³-hybridized carbons (Fsp3) is 0.333.